The van der Waals surface area contributed by atoms with Crippen LogP contribution in [0, 0.1) is 0 Å². The first-order chi connectivity index (χ1) is 4.41. The average molecular weight is 176 g/mol. The van der Waals surface area contributed by atoms with E-state index in [4.69, 9.17) is 0 Å². The molecular weight excluding hydrogens is 158 g/mol. The van der Waals surface area contributed by atoms with E-state index < -0.39 is 5.60 Å². The second-order valence-electron chi connectivity index (χ2n) is 3.47. The summed E-state index contributed by atoms with van der Waals surface area (Å²) >= 11 is 2.21. The summed E-state index contributed by atoms with van der Waals surface area (Å²) in [4.78, 5) is 0. The van der Waals surface area contributed by atoms with Gasteiger partial charge < -0.3 is 5.11 Å². The van der Waals surface area contributed by atoms with Crippen molar-refractivity contribution in [2.45, 2.75) is 51.2 Å². The average Bonchev–Trinajstić information content (AvgIpc) is 1.63. The van der Waals surface area contributed by atoms with Gasteiger partial charge >= 0.3 is 94.0 Å². The minimum absolute atomic E-state index is 0. The maximum atomic E-state index is 10.1. The molecule has 0 aliphatic carbocycles. The fraction of sp³-hybridized carbons (Fsp3) is 1.00. The third kappa shape index (κ3) is 72.0. The Morgan fingerprint density at radius 2 is 1.55 bits per heavy atom. The topological polar surface area (TPSA) is 23.1 Å². The van der Waals surface area contributed by atoms with Crippen LogP contribution in [0.2, 0.25) is 5.09 Å². The second kappa shape index (κ2) is 12.2. The summed E-state index contributed by atoms with van der Waals surface area (Å²) < 4.78 is 0. The first-order valence-electron chi connectivity index (χ1n) is 4.12. The van der Waals surface area contributed by atoms with Crippen LogP contribution in [-0.2, 0) is 0 Å². The molecule has 0 radical (unpaired) electrons. The molecule has 11 heavy (non-hydrogen) atoms. The molecule has 3 heteroatoms. The summed E-state index contributed by atoms with van der Waals surface area (Å²) in [7, 11) is 0. The minimum atomic E-state index is -0.750. The Bertz CT molecular complexity index is 53.6. The molecule has 0 saturated carbocycles. The van der Waals surface area contributed by atoms with Gasteiger partial charge in [-0.25, -0.2) is 0 Å². The maximum absolute atomic E-state index is 10.1. The fourth-order valence-corrected chi connectivity index (χ4v) is 0.354. The van der Waals surface area contributed by atoms with Gasteiger partial charge in [0.2, 0.25) is 0 Å². The van der Waals surface area contributed by atoms with Crippen molar-refractivity contribution >= 4 is 17.7 Å². The van der Waals surface area contributed by atoms with E-state index in [0.29, 0.717) is 0 Å². The van der Waals surface area contributed by atoms with Gasteiger partial charge in [0, 0.05) is 0 Å². The van der Waals surface area contributed by atoms with Crippen molar-refractivity contribution in [1.82, 2.24) is 0 Å². The molecule has 0 aliphatic rings. The molecule has 0 unspecified atom stereocenters. The molecule has 0 amide bonds. The summed E-state index contributed by atoms with van der Waals surface area (Å²) in [5, 5.41) is 11.4. The van der Waals surface area contributed by atoms with Crippen LogP contribution in [0.25, 0.3) is 0 Å². The molecule has 1 nitrogen and oxygen atoms in total. The predicted molar refractivity (Wildman–Crippen MR) is 45.2 cm³/mol. The van der Waals surface area contributed by atoms with Crippen molar-refractivity contribution in [1.29, 1.82) is 0 Å². The monoisotopic (exact) mass is 176 g/mol. The normalized spacial score (nSPS) is 9.36. The van der Waals surface area contributed by atoms with E-state index in [1.807, 2.05) is 0 Å². The standard InChI is InChI=1S/C4H9O.C4H9.K.Li/c1-4(2,3)5;1-3-4-2;;/h1-3H3;1,3-4H2,2H3;;/q-1;;+1;. The van der Waals surface area contributed by atoms with Gasteiger partial charge in [-0.1, -0.05) is 20.8 Å². The summed E-state index contributed by atoms with van der Waals surface area (Å²) in [6, 6.07) is 0. The Hall–Kier alpha value is 2.19. The molecule has 0 aromatic carbocycles. The molecule has 0 saturated heterocycles. The summed E-state index contributed by atoms with van der Waals surface area (Å²) in [5.74, 6) is 0. The molecule has 0 N–H and O–H groups in total. The predicted octanol–water partition coefficient (Wildman–Crippen LogP) is -1.48. The van der Waals surface area contributed by atoms with E-state index in [-0.39, 0.29) is 51.4 Å². The Morgan fingerprint density at radius 1 is 1.27 bits per heavy atom. The number of unbranched alkanes of at least 4 members (excludes halogenated alkanes) is 1. The first-order valence-corrected chi connectivity index (χ1v) is 4.12. The Balaban J connectivity index is -0.000000107. The second-order valence-corrected chi connectivity index (χ2v) is 3.47. The summed E-state index contributed by atoms with van der Waals surface area (Å²) in [5.41, 5.74) is -0.750. The van der Waals surface area contributed by atoms with Gasteiger partial charge in [0.15, 0.2) is 0 Å². The number of hydrogen-bond acceptors (Lipinski definition) is 1. The fourth-order valence-electron chi connectivity index (χ4n) is 0.354. The molecule has 58 valence electrons. The van der Waals surface area contributed by atoms with Crippen LogP contribution in [0.5, 0.6) is 0 Å². The van der Waals surface area contributed by atoms with Crippen LogP contribution in [0.1, 0.15) is 40.5 Å². The van der Waals surface area contributed by atoms with E-state index >= 15 is 0 Å². The van der Waals surface area contributed by atoms with Crippen LogP contribution < -0.4 is 56.5 Å². The SMILES string of the molecule is CC(C)(C)[O-].[K+].[Li][CH2]CCC. The van der Waals surface area contributed by atoms with Gasteiger partial charge in [-0.2, -0.15) is 0 Å². The van der Waals surface area contributed by atoms with Crippen LogP contribution in [0.3, 0.4) is 0 Å². The summed E-state index contributed by atoms with van der Waals surface area (Å²) in [6.45, 7) is 7.11. The van der Waals surface area contributed by atoms with E-state index in [0.717, 1.165) is 0 Å². The molecule has 0 fully saturated rings. The van der Waals surface area contributed by atoms with Crippen LogP contribution >= 0.6 is 0 Å². The van der Waals surface area contributed by atoms with E-state index in [1.54, 1.807) is 20.8 Å². The van der Waals surface area contributed by atoms with Crippen molar-refractivity contribution < 1.29 is 56.5 Å². The van der Waals surface area contributed by atoms with Gasteiger partial charge in [-0.3, -0.25) is 0 Å². The van der Waals surface area contributed by atoms with Crippen molar-refractivity contribution in [3.63, 3.8) is 0 Å². The Labute approximate surface area is 123 Å². The number of hydrogen-bond donors (Lipinski definition) is 0. The van der Waals surface area contributed by atoms with Gasteiger partial charge in [-0.15, -0.1) is 5.60 Å². The molecule has 0 rings (SSSR count). The molecule has 0 aromatic heterocycles. The van der Waals surface area contributed by atoms with Gasteiger partial charge in [0.05, 0.1) is 0 Å². The third-order valence-corrected chi connectivity index (χ3v) is 0.707. The Kier molecular flexibility index (Phi) is 20.9. The van der Waals surface area contributed by atoms with Crippen LogP contribution in [0.4, 0.5) is 0 Å². The third-order valence-electron chi connectivity index (χ3n) is 0.707. The van der Waals surface area contributed by atoms with Gasteiger partial charge in [0.1, 0.15) is 0 Å². The first kappa shape index (κ1) is 18.9. The van der Waals surface area contributed by atoms with Gasteiger partial charge in [-0.05, 0) is 0 Å². The van der Waals surface area contributed by atoms with Crippen molar-refractivity contribution in [2.24, 2.45) is 0 Å². The zero-order valence-electron chi connectivity index (χ0n) is 9.03. The molecule has 0 spiro atoms. The van der Waals surface area contributed by atoms with E-state index in [9.17, 15) is 5.11 Å². The number of rotatable bonds is 2. The zero-order chi connectivity index (χ0) is 8.62. The Morgan fingerprint density at radius 3 is 1.55 bits per heavy atom. The molecule has 0 bridgehead atoms. The van der Waals surface area contributed by atoms with Crippen molar-refractivity contribution in [3.8, 4) is 0 Å². The van der Waals surface area contributed by atoms with Crippen molar-refractivity contribution in [2.75, 3.05) is 0 Å². The molecule has 0 aromatic rings. The van der Waals surface area contributed by atoms with Gasteiger partial charge in [0.25, 0.3) is 0 Å². The molecule has 0 atom stereocenters. The van der Waals surface area contributed by atoms with Crippen LogP contribution in [0.15, 0.2) is 0 Å². The molecule has 0 aliphatic heterocycles. The van der Waals surface area contributed by atoms with Crippen LogP contribution in [-0.4, -0.2) is 23.3 Å². The van der Waals surface area contributed by atoms with E-state index in [2.05, 4.69) is 24.6 Å². The van der Waals surface area contributed by atoms with E-state index in [1.165, 1.54) is 17.9 Å². The summed E-state index contributed by atoms with van der Waals surface area (Å²) in [6.07, 6.45) is 2.73. The zero-order valence-corrected chi connectivity index (χ0v) is 12.2. The van der Waals surface area contributed by atoms with Crippen molar-refractivity contribution in [3.05, 3.63) is 0 Å². The molecular formula is C8H18KLiO. The quantitative estimate of drug-likeness (QED) is 0.471. The molecule has 0 heterocycles.